The van der Waals surface area contributed by atoms with Crippen LogP contribution in [0.3, 0.4) is 0 Å². The molecule has 0 aliphatic heterocycles. The van der Waals surface area contributed by atoms with Crippen LogP contribution in [-0.4, -0.2) is 9.13 Å². The van der Waals surface area contributed by atoms with Crippen molar-refractivity contribution < 1.29 is 0 Å². The summed E-state index contributed by atoms with van der Waals surface area (Å²) >= 11 is 0. The van der Waals surface area contributed by atoms with Crippen molar-refractivity contribution in [2.24, 2.45) is 0 Å². The van der Waals surface area contributed by atoms with Gasteiger partial charge in [-0.25, -0.2) is 0 Å². The molecular weight excluding hydrogens is 1060 g/mol. The highest BCUT2D eigenvalue weighted by atomic mass is 15.0. The number of hydrogen-bond donors (Lipinski definition) is 0. The van der Waals surface area contributed by atoms with E-state index in [0.717, 1.165) is 0 Å². The van der Waals surface area contributed by atoms with Gasteiger partial charge < -0.3 is 9.13 Å². The van der Waals surface area contributed by atoms with Gasteiger partial charge in [-0.15, -0.1) is 0 Å². The molecule has 2 heterocycles. The van der Waals surface area contributed by atoms with E-state index in [1.54, 1.807) is 0 Å². The van der Waals surface area contributed by atoms with E-state index in [0.29, 0.717) is 0 Å². The van der Waals surface area contributed by atoms with E-state index in [1.807, 2.05) is 0 Å². The molecule has 2 aromatic heterocycles. The van der Waals surface area contributed by atoms with Gasteiger partial charge in [0, 0.05) is 32.9 Å². The van der Waals surface area contributed by atoms with E-state index in [1.165, 1.54) is 164 Å². The van der Waals surface area contributed by atoms with Crippen LogP contribution >= 0.6 is 0 Å². The van der Waals surface area contributed by atoms with E-state index in [4.69, 9.17) is 0 Å². The second kappa shape index (κ2) is 21.2. The van der Waals surface area contributed by atoms with Gasteiger partial charge in [0.15, 0.2) is 0 Å². The van der Waals surface area contributed by atoms with Crippen LogP contribution in [0, 0.1) is 0 Å². The summed E-state index contributed by atoms with van der Waals surface area (Å²) in [6.07, 6.45) is 0. The molecule has 0 fully saturated rings. The van der Waals surface area contributed by atoms with Crippen LogP contribution in [0.1, 0.15) is 0 Å². The predicted molar refractivity (Wildman–Crippen MR) is 376 cm³/mol. The molecule has 0 spiro atoms. The zero-order valence-corrected chi connectivity index (χ0v) is 48.2. The summed E-state index contributed by atoms with van der Waals surface area (Å²) in [5.41, 5.74) is 19.6. The zero-order chi connectivity index (χ0) is 58.1. The lowest BCUT2D eigenvalue weighted by Gasteiger charge is -2.14. The van der Waals surface area contributed by atoms with Crippen LogP contribution < -0.4 is 0 Å². The average Bonchev–Trinajstić information content (AvgIpc) is 4.08. The van der Waals surface area contributed by atoms with Gasteiger partial charge in [-0.1, -0.05) is 279 Å². The third-order valence-corrected chi connectivity index (χ3v) is 18.2. The Kier molecular flexibility index (Phi) is 12.3. The molecule has 2 heteroatoms. The Labute approximate surface area is 510 Å². The summed E-state index contributed by atoms with van der Waals surface area (Å²) in [6, 6.07) is 124. The number of rotatable bonds is 7. The maximum atomic E-state index is 2.43. The topological polar surface area (TPSA) is 9.86 Å². The normalized spacial score (nSPS) is 11.6. The molecule has 0 amide bonds. The number of aromatic nitrogens is 2. The highest BCUT2D eigenvalue weighted by Crippen LogP contribution is 2.42. The van der Waals surface area contributed by atoms with Crippen molar-refractivity contribution >= 4 is 97.5 Å². The van der Waals surface area contributed by atoms with Crippen LogP contribution in [0.15, 0.2) is 340 Å². The van der Waals surface area contributed by atoms with E-state index >= 15 is 0 Å². The minimum atomic E-state index is 1.17. The largest absolute Gasteiger partial charge is 0.309 e. The first-order valence-electron chi connectivity index (χ1n) is 30.4. The predicted octanol–water partition coefficient (Wildman–Crippen LogP) is 23.7. The van der Waals surface area contributed by atoms with Gasteiger partial charge in [0.25, 0.3) is 0 Å². The van der Waals surface area contributed by atoms with Gasteiger partial charge in [0.1, 0.15) is 0 Å². The average molecular weight is 1120 g/mol. The molecule has 0 aliphatic rings. The molecule has 0 saturated heterocycles. The number of nitrogens with zero attached hydrogens (tertiary/aromatic N) is 2. The summed E-state index contributed by atoms with van der Waals surface area (Å²) in [5.74, 6) is 0. The van der Waals surface area contributed by atoms with Gasteiger partial charge in [-0.2, -0.15) is 0 Å². The first kappa shape index (κ1) is 50.9. The van der Waals surface area contributed by atoms with Crippen LogP contribution in [0.25, 0.3) is 164 Å². The lowest BCUT2D eigenvalue weighted by Crippen LogP contribution is -1.94. The molecule has 410 valence electrons. The zero-order valence-electron chi connectivity index (χ0n) is 48.2. The molecular formula is C86H56N2. The molecule has 0 N–H and O–H groups in total. The summed E-state index contributed by atoms with van der Waals surface area (Å²) < 4.78 is 4.81. The molecule has 2 nitrogen and oxygen atoms in total. The maximum Gasteiger partial charge on any atom is 0.0541 e. The smallest absolute Gasteiger partial charge is 0.0541 e. The Morgan fingerprint density at radius 3 is 0.966 bits per heavy atom. The highest BCUT2D eigenvalue weighted by Gasteiger charge is 2.18. The number of para-hydroxylation sites is 2. The maximum absolute atomic E-state index is 2.43. The van der Waals surface area contributed by atoms with E-state index in [-0.39, 0.29) is 0 Å². The monoisotopic (exact) mass is 1120 g/mol. The van der Waals surface area contributed by atoms with Crippen molar-refractivity contribution in [1.29, 1.82) is 0 Å². The van der Waals surface area contributed by atoms with Crippen molar-refractivity contribution in [1.82, 2.24) is 9.13 Å². The van der Waals surface area contributed by atoms with E-state index in [9.17, 15) is 0 Å². The minimum Gasteiger partial charge on any atom is -0.309 e. The van der Waals surface area contributed by atoms with Crippen LogP contribution in [0.4, 0.5) is 0 Å². The fourth-order valence-electron chi connectivity index (χ4n) is 14.0. The second-order valence-electron chi connectivity index (χ2n) is 23.1. The Hall–Kier alpha value is -11.6. The molecule has 0 radical (unpaired) electrons. The van der Waals surface area contributed by atoms with Gasteiger partial charge in [0.2, 0.25) is 0 Å². The number of benzene rings is 16. The molecule has 18 rings (SSSR count). The fourth-order valence-corrected chi connectivity index (χ4v) is 14.0. The Bertz CT molecular complexity index is 5660. The summed E-state index contributed by atoms with van der Waals surface area (Å²) in [5, 5.41) is 17.9. The first-order chi connectivity index (χ1) is 43.6. The minimum absolute atomic E-state index is 1.17. The standard InChI is InChI=1S/C46H29N.C40H27N/c1-2-12-35-31(10-1)11-9-18-36(35)32-22-20-30(21-23-32)33-24-27-46-44(28-33)42-17-7-8-19-45(42)47(46)34-25-26-41-39-15-4-3-13-37(39)38-14-5-6-16-40(38)43(41)29-34;1-2-9-28(10-3-1)29-21-24-34(25-22-29)41-39-16-7-6-14-37(39)38-27-33(23-26-40(38)41)30-17-19-32(20-18-30)36-15-8-12-31-11-4-5-13-35(31)36/h1-29H;1-27H. The summed E-state index contributed by atoms with van der Waals surface area (Å²) in [6.45, 7) is 0. The number of fused-ring (bicyclic) bond motifs is 14. The molecule has 18 aromatic rings. The van der Waals surface area contributed by atoms with Gasteiger partial charge in [-0.3, -0.25) is 0 Å². The fraction of sp³-hybridized carbons (Fsp3) is 0. The van der Waals surface area contributed by atoms with E-state index in [2.05, 4.69) is 349 Å². The van der Waals surface area contributed by atoms with Crippen molar-refractivity contribution in [3.8, 4) is 67.0 Å². The van der Waals surface area contributed by atoms with E-state index < -0.39 is 0 Å². The number of hydrogen-bond acceptors (Lipinski definition) is 0. The molecule has 0 aliphatic carbocycles. The van der Waals surface area contributed by atoms with Crippen molar-refractivity contribution in [3.63, 3.8) is 0 Å². The highest BCUT2D eigenvalue weighted by molar-refractivity contribution is 6.26. The van der Waals surface area contributed by atoms with Gasteiger partial charge >= 0.3 is 0 Å². The van der Waals surface area contributed by atoms with Crippen LogP contribution in [-0.2, 0) is 0 Å². The first-order valence-corrected chi connectivity index (χ1v) is 30.4. The van der Waals surface area contributed by atoms with Crippen molar-refractivity contribution in [2.45, 2.75) is 0 Å². The lowest BCUT2D eigenvalue weighted by molar-refractivity contribution is 1.18. The van der Waals surface area contributed by atoms with Gasteiger partial charge in [0.05, 0.1) is 22.1 Å². The second-order valence-corrected chi connectivity index (χ2v) is 23.1. The molecule has 0 atom stereocenters. The SMILES string of the molecule is c1ccc(-c2ccc(-n3c4ccccc4c4cc(-c5ccc(-c6cccc7ccccc67)cc5)ccc43)cc2)cc1.c1ccc2c(-c3ccc(-c4ccc5c(c4)c4ccccc4n5-c4ccc5c6ccccc6c6ccccc6c5c4)cc3)cccc2c1. The van der Waals surface area contributed by atoms with Crippen molar-refractivity contribution in [2.75, 3.05) is 0 Å². The summed E-state index contributed by atoms with van der Waals surface area (Å²) in [4.78, 5) is 0. The van der Waals surface area contributed by atoms with Crippen LogP contribution in [0.5, 0.6) is 0 Å². The third kappa shape index (κ3) is 8.64. The summed E-state index contributed by atoms with van der Waals surface area (Å²) in [7, 11) is 0. The lowest BCUT2D eigenvalue weighted by atomic mass is 9.94. The van der Waals surface area contributed by atoms with Crippen molar-refractivity contribution in [3.05, 3.63) is 340 Å². The Morgan fingerprint density at radius 2 is 0.466 bits per heavy atom. The third-order valence-electron chi connectivity index (χ3n) is 18.2. The molecule has 88 heavy (non-hydrogen) atoms. The molecule has 0 bridgehead atoms. The van der Waals surface area contributed by atoms with Gasteiger partial charge in [-0.05, 0) is 170 Å². The molecule has 16 aromatic carbocycles. The Balaban J connectivity index is 0.000000138. The molecule has 0 saturated carbocycles. The molecule has 0 unspecified atom stereocenters. The quantitative estimate of drug-likeness (QED) is 0.141. The van der Waals surface area contributed by atoms with Crippen LogP contribution in [0.2, 0.25) is 0 Å². The Morgan fingerprint density at radius 1 is 0.148 bits per heavy atom.